The number of esters is 1. The third kappa shape index (κ3) is 4.60. The Bertz CT molecular complexity index is 579. The fourth-order valence-electron chi connectivity index (χ4n) is 1.81. The Morgan fingerprint density at radius 3 is 2.38 bits per heavy atom. The van der Waals surface area contributed by atoms with Crippen molar-refractivity contribution in [2.45, 2.75) is 19.9 Å². The number of rotatable bonds is 6. The molecule has 0 radical (unpaired) electrons. The van der Waals surface area contributed by atoms with Gasteiger partial charge in [-0.2, -0.15) is 0 Å². The molecule has 2 aromatic rings. The van der Waals surface area contributed by atoms with Crippen LogP contribution in [0.3, 0.4) is 0 Å². The molecule has 0 heterocycles. The van der Waals surface area contributed by atoms with Crippen LogP contribution in [0.5, 0.6) is 0 Å². The molecule has 110 valence electrons. The van der Waals surface area contributed by atoms with Crippen molar-refractivity contribution in [3.8, 4) is 0 Å². The number of benzene rings is 2. The van der Waals surface area contributed by atoms with Crippen molar-refractivity contribution in [1.82, 2.24) is 0 Å². The van der Waals surface area contributed by atoms with E-state index in [1.807, 2.05) is 19.1 Å². The van der Waals surface area contributed by atoms with Gasteiger partial charge in [0.05, 0.1) is 12.2 Å². The normalized spacial score (nSPS) is 10.2. The SMILES string of the molecule is CCCOC(=O)c1ccc(NCc2ccc(F)cc2)cc1. The summed E-state index contributed by atoms with van der Waals surface area (Å²) in [7, 11) is 0. The lowest BCUT2D eigenvalue weighted by atomic mass is 10.2. The average Bonchev–Trinajstić information content (AvgIpc) is 2.52. The first-order chi connectivity index (χ1) is 10.2. The van der Waals surface area contributed by atoms with Crippen LogP contribution in [0.4, 0.5) is 10.1 Å². The molecule has 0 fully saturated rings. The third-order valence-corrected chi connectivity index (χ3v) is 2.97. The van der Waals surface area contributed by atoms with Crippen LogP contribution in [0.25, 0.3) is 0 Å². The molecular weight excluding hydrogens is 269 g/mol. The predicted molar refractivity (Wildman–Crippen MR) is 80.7 cm³/mol. The van der Waals surface area contributed by atoms with E-state index in [1.54, 1.807) is 24.3 Å². The molecule has 0 aliphatic rings. The molecule has 0 atom stereocenters. The van der Waals surface area contributed by atoms with Gasteiger partial charge in [-0.1, -0.05) is 19.1 Å². The number of hydrogen-bond donors (Lipinski definition) is 1. The summed E-state index contributed by atoms with van der Waals surface area (Å²) in [5.74, 6) is -0.546. The molecule has 2 aromatic carbocycles. The van der Waals surface area contributed by atoms with Gasteiger partial charge in [-0.05, 0) is 48.4 Å². The lowest BCUT2D eigenvalue weighted by Gasteiger charge is -2.08. The number of halogens is 1. The van der Waals surface area contributed by atoms with E-state index >= 15 is 0 Å². The Labute approximate surface area is 123 Å². The van der Waals surface area contributed by atoms with Crippen molar-refractivity contribution in [3.63, 3.8) is 0 Å². The van der Waals surface area contributed by atoms with Crippen LogP contribution in [0.15, 0.2) is 48.5 Å². The van der Waals surface area contributed by atoms with Gasteiger partial charge in [0, 0.05) is 12.2 Å². The van der Waals surface area contributed by atoms with Crippen molar-refractivity contribution in [2.24, 2.45) is 0 Å². The number of hydrogen-bond acceptors (Lipinski definition) is 3. The highest BCUT2D eigenvalue weighted by Gasteiger charge is 2.05. The molecule has 0 unspecified atom stereocenters. The summed E-state index contributed by atoms with van der Waals surface area (Å²) < 4.78 is 17.9. The molecule has 0 spiro atoms. The first-order valence-corrected chi connectivity index (χ1v) is 6.94. The number of nitrogens with one attached hydrogen (secondary N) is 1. The topological polar surface area (TPSA) is 38.3 Å². The van der Waals surface area contributed by atoms with E-state index in [-0.39, 0.29) is 11.8 Å². The molecule has 0 aliphatic carbocycles. The molecule has 1 N–H and O–H groups in total. The summed E-state index contributed by atoms with van der Waals surface area (Å²) in [6, 6.07) is 13.4. The summed E-state index contributed by atoms with van der Waals surface area (Å²) in [4.78, 5) is 11.6. The van der Waals surface area contributed by atoms with Crippen molar-refractivity contribution < 1.29 is 13.9 Å². The summed E-state index contributed by atoms with van der Waals surface area (Å²) in [5.41, 5.74) is 2.42. The van der Waals surface area contributed by atoms with Crippen LogP contribution < -0.4 is 5.32 Å². The van der Waals surface area contributed by atoms with Gasteiger partial charge in [-0.25, -0.2) is 9.18 Å². The van der Waals surface area contributed by atoms with Crippen molar-refractivity contribution in [3.05, 3.63) is 65.5 Å². The third-order valence-electron chi connectivity index (χ3n) is 2.97. The highest BCUT2D eigenvalue weighted by molar-refractivity contribution is 5.89. The molecule has 0 saturated carbocycles. The zero-order chi connectivity index (χ0) is 15.1. The number of carbonyl (C=O) groups excluding carboxylic acids is 1. The molecule has 21 heavy (non-hydrogen) atoms. The standard InChI is InChI=1S/C17H18FNO2/c1-2-11-21-17(20)14-5-9-16(10-6-14)19-12-13-3-7-15(18)8-4-13/h3-10,19H,2,11-12H2,1H3. The summed E-state index contributed by atoms with van der Waals surface area (Å²) >= 11 is 0. The lowest BCUT2D eigenvalue weighted by Crippen LogP contribution is -2.06. The van der Waals surface area contributed by atoms with Crippen LogP contribution >= 0.6 is 0 Å². The Morgan fingerprint density at radius 1 is 1.10 bits per heavy atom. The minimum Gasteiger partial charge on any atom is -0.462 e. The van der Waals surface area contributed by atoms with Gasteiger partial charge in [-0.3, -0.25) is 0 Å². The minimum atomic E-state index is -0.304. The Kier molecular flexibility index (Phi) is 5.32. The molecule has 4 heteroatoms. The molecule has 2 rings (SSSR count). The zero-order valence-corrected chi connectivity index (χ0v) is 11.9. The molecule has 0 amide bonds. The maximum absolute atomic E-state index is 12.8. The van der Waals surface area contributed by atoms with E-state index in [2.05, 4.69) is 5.32 Å². The van der Waals surface area contributed by atoms with Crippen LogP contribution in [0.2, 0.25) is 0 Å². The minimum absolute atomic E-state index is 0.242. The van der Waals surface area contributed by atoms with E-state index in [0.717, 1.165) is 17.7 Å². The zero-order valence-electron chi connectivity index (χ0n) is 11.9. The Balaban J connectivity index is 1.90. The van der Waals surface area contributed by atoms with Crippen LogP contribution in [-0.4, -0.2) is 12.6 Å². The fourth-order valence-corrected chi connectivity index (χ4v) is 1.81. The van der Waals surface area contributed by atoms with Crippen molar-refractivity contribution >= 4 is 11.7 Å². The second kappa shape index (κ2) is 7.43. The van der Waals surface area contributed by atoms with Gasteiger partial charge in [0.2, 0.25) is 0 Å². The van der Waals surface area contributed by atoms with E-state index in [1.165, 1.54) is 12.1 Å². The molecule has 0 saturated heterocycles. The van der Waals surface area contributed by atoms with Crippen molar-refractivity contribution in [2.75, 3.05) is 11.9 Å². The highest BCUT2D eigenvalue weighted by atomic mass is 19.1. The van der Waals surface area contributed by atoms with Gasteiger partial charge in [0.15, 0.2) is 0 Å². The Hall–Kier alpha value is -2.36. The first-order valence-electron chi connectivity index (χ1n) is 6.94. The van der Waals surface area contributed by atoms with Crippen LogP contribution in [0.1, 0.15) is 29.3 Å². The predicted octanol–water partition coefficient (Wildman–Crippen LogP) is 4.00. The summed E-state index contributed by atoms with van der Waals surface area (Å²) in [5, 5.41) is 3.22. The average molecular weight is 287 g/mol. The monoisotopic (exact) mass is 287 g/mol. The number of ether oxygens (including phenoxy) is 1. The number of anilines is 1. The van der Waals surface area contributed by atoms with Crippen LogP contribution in [-0.2, 0) is 11.3 Å². The molecule has 0 bridgehead atoms. The van der Waals surface area contributed by atoms with Crippen molar-refractivity contribution in [1.29, 1.82) is 0 Å². The summed E-state index contributed by atoms with van der Waals surface area (Å²) in [6.45, 7) is 2.99. The maximum Gasteiger partial charge on any atom is 0.338 e. The Morgan fingerprint density at radius 2 is 1.76 bits per heavy atom. The second-order valence-electron chi connectivity index (χ2n) is 4.69. The van der Waals surface area contributed by atoms with Gasteiger partial charge in [-0.15, -0.1) is 0 Å². The maximum atomic E-state index is 12.8. The summed E-state index contributed by atoms with van der Waals surface area (Å²) in [6.07, 6.45) is 0.809. The lowest BCUT2D eigenvalue weighted by molar-refractivity contribution is 0.0505. The van der Waals surface area contributed by atoms with Crippen LogP contribution in [0, 0.1) is 5.82 Å². The molecule has 3 nitrogen and oxygen atoms in total. The first kappa shape index (κ1) is 15.0. The highest BCUT2D eigenvalue weighted by Crippen LogP contribution is 2.12. The fraction of sp³-hybridized carbons (Fsp3) is 0.235. The van der Waals surface area contributed by atoms with Gasteiger partial charge in [0.25, 0.3) is 0 Å². The van der Waals surface area contributed by atoms with Gasteiger partial charge < -0.3 is 10.1 Å². The molecular formula is C17H18FNO2. The van der Waals surface area contributed by atoms with E-state index < -0.39 is 0 Å². The quantitative estimate of drug-likeness (QED) is 0.816. The van der Waals surface area contributed by atoms with E-state index in [9.17, 15) is 9.18 Å². The molecule has 0 aliphatic heterocycles. The number of carbonyl (C=O) groups is 1. The van der Waals surface area contributed by atoms with Gasteiger partial charge in [0.1, 0.15) is 5.82 Å². The second-order valence-corrected chi connectivity index (χ2v) is 4.69. The van der Waals surface area contributed by atoms with E-state index in [0.29, 0.717) is 18.7 Å². The largest absolute Gasteiger partial charge is 0.462 e. The smallest absolute Gasteiger partial charge is 0.338 e. The molecule has 0 aromatic heterocycles. The van der Waals surface area contributed by atoms with Gasteiger partial charge >= 0.3 is 5.97 Å². The van der Waals surface area contributed by atoms with E-state index in [4.69, 9.17) is 4.74 Å².